The van der Waals surface area contributed by atoms with Crippen molar-refractivity contribution in [2.75, 3.05) is 13.1 Å². The summed E-state index contributed by atoms with van der Waals surface area (Å²) in [4.78, 5) is 19.2. The second-order valence-electron chi connectivity index (χ2n) is 7.14. The molecule has 2 heterocycles. The SMILES string of the molecule is O=C(c1cccc(OCc2cscn2)c1)N1CCC2CCCCC2C1. The fraction of sp³-hybridized carbons (Fsp3) is 0.500. The third kappa shape index (κ3) is 3.87. The maximum absolute atomic E-state index is 12.9. The summed E-state index contributed by atoms with van der Waals surface area (Å²) in [5.74, 6) is 2.41. The van der Waals surface area contributed by atoms with Crippen LogP contribution in [-0.4, -0.2) is 28.9 Å². The summed E-state index contributed by atoms with van der Waals surface area (Å²) in [6, 6.07) is 7.56. The maximum atomic E-state index is 12.9. The smallest absolute Gasteiger partial charge is 0.253 e. The summed E-state index contributed by atoms with van der Waals surface area (Å²) in [7, 11) is 0. The van der Waals surface area contributed by atoms with Crippen molar-refractivity contribution in [2.24, 2.45) is 11.8 Å². The van der Waals surface area contributed by atoms with Gasteiger partial charge in [-0.3, -0.25) is 4.79 Å². The van der Waals surface area contributed by atoms with Gasteiger partial charge in [0, 0.05) is 24.0 Å². The molecule has 2 aromatic rings. The number of likely N-dealkylation sites (tertiary alicyclic amines) is 1. The zero-order chi connectivity index (χ0) is 17.1. The van der Waals surface area contributed by atoms with Gasteiger partial charge in [0.15, 0.2) is 0 Å². The van der Waals surface area contributed by atoms with Gasteiger partial charge in [-0.25, -0.2) is 4.98 Å². The number of hydrogen-bond acceptors (Lipinski definition) is 4. The second-order valence-corrected chi connectivity index (χ2v) is 7.86. The predicted octanol–water partition coefficient (Wildman–Crippen LogP) is 4.37. The van der Waals surface area contributed by atoms with Crippen molar-refractivity contribution in [2.45, 2.75) is 38.7 Å². The molecule has 0 N–H and O–H groups in total. The molecule has 1 aromatic heterocycles. The molecule has 1 saturated carbocycles. The van der Waals surface area contributed by atoms with Crippen molar-refractivity contribution < 1.29 is 9.53 Å². The predicted molar refractivity (Wildman–Crippen MR) is 98.9 cm³/mol. The van der Waals surface area contributed by atoms with Crippen LogP contribution in [0.15, 0.2) is 35.2 Å². The highest BCUT2D eigenvalue weighted by atomic mass is 32.1. The van der Waals surface area contributed by atoms with E-state index in [1.807, 2.05) is 34.5 Å². The van der Waals surface area contributed by atoms with Gasteiger partial charge in [0.25, 0.3) is 5.91 Å². The van der Waals surface area contributed by atoms with E-state index in [1.54, 1.807) is 16.8 Å². The van der Waals surface area contributed by atoms with Crippen LogP contribution in [0.2, 0.25) is 0 Å². The van der Waals surface area contributed by atoms with Crippen molar-refractivity contribution in [3.05, 3.63) is 46.4 Å². The number of fused-ring (bicyclic) bond motifs is 1. The molecule has 25 heavy (non-hydrogen) atoms. The van der Waals surface area contributed by atoms with E-state index in [0.29, 0.717) is 12.5 Å². The number of carbonyl (C=O) groups excluding carboxylic acids is 1. The van der Waals surface area contributed by atoms with Crippen molar-refractivity contribution in [3.8, 4) is 5.75 Å². The molecule has 2 atom stereocenters. The molecular formula is C20H24N2O2S. The van der Waals surface area contributed by atoms with E-state index < -0.39 is 0 Å². The van der Waals surface area contributed by atoms with Crippen LogP contribution < -0.4 is 4.74 Å². The number of aromatic nitrogens is 1. The number of nitrogens with zero attached hydrogens (tertiary/aromatic N) is 2. The van der Waals surface area contributed by atoms with Crippen LogP contribution in [0.3, 0.4) is 0 Å². The van der Waals surface area contributed by atoms with E-state index in [2.05, 4.69) is 4.98 Å². The van der Waals surface area contributed by atoms with Crippen LogP contribution in [0, 0.1) is 11.8 Å². The molecule has 2 unspecified atom stereocenters. The zero-order valence-electron chi connectivity index (χ0n) is 14.4. The lowest BCUT2D eigenvalue weighted by molar-refractivity contribution is 0.0520. The minimum atomic E-state index is 0.142. The summed E-state index contributed by atoms with van der Waals surface area (Å²) in [5.41, 5.74) is 3.44. The average molecular weight is 356 g/mol. The minimum absolute atomic E-state index is 0.142. The number of ether oxygens (including phenoxy) is 1. The van der Waals surface area contributed by atoms with Crippen molar-refractivity contribution in [1.29, 1.82) is 0 Å². The highest BCUT2D eigenvalue weighted by molar-refractivity contribution is 7.07. The fourth-order valence-electron chi connectivity index (χ4n) is 4.15. The van der Waals surface area contributed by atoms with E-state index in [1.165, 1.54) is 25.7 Å². The molecule has 0 spiro atoms. The van der Waals surface area contributed by atoms with Crippen molar-refractivity contribution in [3.63, 3.8) is 0 Å². The van der Waals surface area contributed by atoms with Gasteiger partial charge in [0.1, 0.15) is 12.4 Å². The third-order valence-corrected chi connectivity index (χ3v) is 6.16. The lowest BCUT2D eigenvalue weighted by Crippen LogP contribution is -2.44. The Bertz CT molecular complexity index is 716. The zero-order valence-corrected chi connectivity index (χ0v) is 15.2. The molecule has 5 heteroatoms. The van der Waals surface area contributed by atoms with E-state index >= 15 is 0 Å². The Morgan fingerprint density at radius 2 is 2.12 bits per heavy atom. The van der Waals surface area contributed by atoms with E-state index in [9.17, 15) is 4.79 Å². The monoisotopic (exact) mass is 356 g/mol. The fourth-order valence-corrected chi connectivity index (χ4v) is 4.70. The lowest BCUT2D eigenvalue weighted by Gasteiger charge is -2.41. The Morgan fingerprint density at radius 3 is 2.96 bits per heavy atom. The van der Waals surface area contributed by atoms with Gasteiger partial charge < -0.3 is 9.64 Å². The Hall–Kier alpha value is -1.88. The van der Waals surface area contributed by atoms with Gasteiger partial charge >= 0.3 is 0 Å². The van der Waals surface area contributed by atoms with Gasteiger partial charge in [-0.05, 0) is 42.9 Å². The van der Waals surface area contributed by atoms with Gasteiger partial charge in [-0.1, -0.05) is 25.3 Å². The molecule has 132 valence electrons. The van der Waals surface area contributed by atoms with E-state index in [-0.39, 0.29) is 5.91 Å². The van der Waals surface area contributed by atoms with Gasteiger partial charge in [-0.2, -0.15) is 0 Å². The number of amides is 1. The average Bonchev–Trinajstić information content (AvgIpc) is 3.19. The standard InChI is InChI=1S/C20H24N2O2S/c23-20(22-9-8-15-4-1-2-5-17(15)11-22)16-6-3-7-19(10-16)24-12-18-13-25-14-21-18/h3,6-7,10,13-15,17H,1-2,4-5,8-9,11-12H2. The number of piperidine rings is 1. The summed E-state index contributed by atoms with van der Waals surface area (Å²) in [6.07, 6.45) is 6.49. The molecule has 2 aliphatic rings. The van der Waals surface area contributed by atoms with Gasteiger partial charge in [0.05, 0.1) is 11.2 Å². The van der Waals surface area contributed by atoms with Crippen molar-refractivity contribution in [1.82, 2.24) is 9.88 Å². The van der Waals surface area contributed by atoms with E-state index in [4.69, 9.17) is 4.74 Å². The first-order valence-corrected chi connectivity index (χ1v) is 10.1. The largest absolute Gasteiger partial charge is 0.487 e. The number of carbonyl (C=O) groups is 1. The molecule has 0 radical (unpaired) electrons. The molecule has 4 rings (SSSR count). The molecule has 1 saturated heterocycles. The molecule has 1 aliphatic heterocycles. The summed E-state index contributed by atoms with van der Waals surface area (Å²) in [6.45, 7) is 2.26. The first kappa shape index (κ1) is 16.6. The number of thiazole rings is 1. The number of rotatable bonds is 4. The molecule has 1 aromatic carbocycles. The molecule has 1 amide bonds. The normalized spacial score (nSPS) is 23.1. The van der Waals surface area contributed by atoms with Gasteiger partial charge in [-0.15, -0.1) is 11.3 Å². The number of benzene rings is 1. The van der Waals surface area contributed by atoms with Crippen LogP contribution in [0.25, 0.3) is 0 Å². The first-order chi connectivity index (χ1) is 12.3. The number of hydrogen-bond donors (Lipinski definition) is 0. The van der Waals surface area contributed by atoms with Crippen LogP contribution in [0.1, 0.15) is 48.2 Å². The Labute approximate surface area is 152 Å². The topological polar surface area (TPSA) is 42.4 Å². The molecule has 0 bridgehead atoms. The quantitative estimate of drug-likeness (QED) is 0.817. The summed E-state index contributed by atoms with van der Waals surface area (Å²) < 4.78 is 5.79. The third-order valence-electron chi connectivity index (χ3n) is 5.53. The van der Waals surface area contributed by atoms with Crippen LogP contribution in [0.5, 0.6) is 5.75 Å². The van der Waals surface area contributed by atoms with Crippen LogP contribution in [0.4, 0.5) is 0 Å². The molecular weight excluding hydrogens is 332 g/mol. The summed E-state index contributed by atoms with van der Waals surface area (Å²) >= 11 is 1.56. The molecule has 1 aliphatic carbocycles. The van der Waals surface area contributed by atoms with Crippen molar-refractivity contribution >= 4 is 17.2 Å². The molecule has 2 fully saturated rings. The van der Waals surface area contributed by atoms with E-state index in [0.717, 1.165) is 42.4 Å². The lowest BCUT2D eigenvalue weighted by atomic mass is 9.75. The van der Waals surface area contributed by atoms with Crippen LogP contribution in [-0.2, 0) is 6.61 Å². The second kappa shape index (κ2) is 7.56. The maximum Gasteiger partial charge on any atom is 0.253 e. The Balaban J connectivity index is 1.40. The first-order valence-electron chi connectivity index (χ1n) is 9.19. The minimum Gasteiger partial charge on any atom is -0.487 e. The Kier molecular flexibility index (Phi) is 5.02. The highest BCUT2D eigenvalue weighted by Crippen LogP contribution is 2.36. The highest BCUT2D eigenvalue weighted by Gasteiger charge is 2.33. The summed E-state index contributed by atoms with van der Waals surface area (Å²) in [5, 5.41) is 1.98. The van der Waals surface area contributed by atoms with Crippen LogP contribution >= 0.6 is 11.3 Å². The molecule has 4 nitrogen and oxygen atoms in total. The van der Waals surface area contributed by atoms with Gasteiger partial charge in [0.2, 0.25) is 0 Å². The Morgan fingerprint density at radius 1 is 1.24 bits per heavy atom.